The maximum absolute atomic E-state index is 11.0. The first-order valence-electron chi connectivity index (χ1n) is 6.85. The minimum absolute atomic E-state index is 0.0482. The summed E-state index contributed by atoms with van der Waals surface area (Å²) in [5.41, 5.74) is 2.22. The molecule has 2 rings (SSSR count). The van der Waals surface area contributed by atoms with Gasteiger partial charge in [0.25, 0.3) is 0 Å². The molecule has 1 heterocycles. The van der Waals surface area contributed by atoms with Gasteiger partial charge >= 0.3 is 11.9 Å². The maximum atomic E-state index is 11.0. The molecule has 0 aliphatic rings. The summed E-state index contributed by atoms with van der Waals surface area (Å²) in [6, 6.07) is 9.64. The SMILES string of the molecule is CC(=O)OCc1nc(-c2ccccc2)n(C)c1COC(C)=O. The molecule has 0 atom stereocenters. The number of rotatable bonds is 5. The molecule has 0 fully saturated rings. The van der Waals surface area contributed by atoms with Crippen molar-refractivity contribution in [1.29, 1.82) is 0 Å². The second-order valence-corrected chi connectivity index (χ2v) is 4.81. The van der Waals surface area contributed by atoms with Crippen molar-refractivity contribution < 1.29 is 19.1 Å². The smallest absolute Gasteiger partial charge is 0.303 e. The van der Waals surface area contributed by atoms with E-state index in [1.165, 1.54) is 13.8 Å². The summed E-state index contributed by atoms with van der Waals surface area (Å²) < 4.78 is 11.9. The third-order valence-electron chi connectivity index (χ3n) is 3.15. The molecule has 6 nitrogen and oxygen atoms in total. The first-order chi connectivity index (χ1) is 10.5. The molecule has 0 spiro atoms. The van der Waals surface area contributed by atoms with Gasteiger partial charge in [0.05, 0.1) is 5.69 Å². The van der Waals surface area contributed by atoms with E-state index in [9.17, 15) is 9.59 Å². The van der Waals surface area contributed by atoms with E-state index in [-0.39, 0.29) is 25.2 Å². The van der Waals surface area contributed by atoms with Gasteiger partial charge in [0.15, 0.2) is 0 Å². The van der Waals surface area contributed by atoms with Crippen LogP contribution in [0.2, 0.25) is 0 Å². The molecule has 0 saturated carbocycles. The summed E-state index contributed by atoms with van der Waals surface area (Å²) in [7, 11) is 1.84. The van der Waals surface area contributed by atoms with Gasteiger partial charge in [-0.25, -0.2) is 4.98 Å². The molecule has 0 amide bonds. The Kier molecular flexibility index (Phi) is 4.93. The molecule has 0 saturated heterocycles. The largest absolute Gasteiger partial charge is 0.459 e. The van der Waals surface area contributed by atoms with Gasteiger partial charge in [-0.1, -0.05) is 30.3 Å². The van der Waals surface area contributed by atoms with Crippen LogP contribution in [0.3, 0.4) is 0 Å². The topological polar surface area (TPSA) is 70.4 Å². The van der Waals surface area contributed by atoms with Crippen molar-refractivity contribution in [3.63, 3.8) is 0 Å². The zero-order valence-electron chi connectivity index (χ0n) is 12.8. The van der Waals surface area contributed by atoms with Crippen molar-refractivity contribution in [3.8, 4) is 11.4 Å². The van der Waals surface area contributed by atoms with Gasteiger partial charge in [0, 0.05) is 26.5 Å². The number of carbonyl (C=O) groups is 2. The molecule has 0 unspecified atom stereocenters. The van der Waals surface area contributed by atoms with Crippen molar-refractivity contribution >= 4 is 11.9 Å². The molecule has 0 radical (unpaired) electrons. The van der Waals surface area contributed by atoms with E-state index in [2.05, 4.69) is 4.98 Å². The van der Waals surface area contributed by atoms with Crippen LogP contribution < -0.4 is 0 Å². The molecule has 1 aromatic heterocycles. The van der Waals surface area contributed by atoms with Crippen molar-refractivity contribution in [3.05, 3.63) is 41.7 Å². The van der Waals surface area contributed by atoms with E-state index >= 15 is 0 Å². The van der Waals surface area contributed by atoms with Crippen molar-refractivity contribution in [2.45, 2.75) is 27.1 Å². The Morgan fingerprint density at radius 1 is 1.05 bits per heavy atom. The van der Waals surface area contributed by atoms with E-state index in [0.717, 1.165) is 11.4 Å². The van der Waals surface area contributed by atoms with Gasteiger partial charge in [0.2, 0.25) is 0 Å². The number of aromatic nitrogens is 2. The zero-order chi connectivity index (χ0) is 16.1. The van der Waals surface area contributed by atoms with Crippen LogP contribution in [0.4, 0.5) is 0 Å². The maximum Gasteiger partial charge on any atom is 0.303 e. The van der Waals surface area contributed by atoms with Crippen molar-refractivity contribution in [1.82, 2.24) is 9.55 Å². The average Bonchev–Trinajstić information content (AvgIpc) is 2.80. The number of carbonyl (C=O) groups excluding carboxylic acids is 2. The second-order valence-electron chi connectivity index (χ2n) is 4.81. The summed E-state index contributed by atoms with van der Waals surface area (Å²) in [5, 5.41) is 0. The Bertz CT molecular complexity index is 677. The lowest BCUT2D eigenvalue weighted by atomic mass is 10.2. The molecule has 22 heavy (non-hydrogen) atoms. The minimum atomic E-state index is -0.384. The number of hydrogen-bond acceptors (Lipinski definition) is 5. The lowest BCUT2D eigenvalue weighted by Gasteiger charge is -2.07. The van der Waals surface area contributed by atoms with Crippen LogP contribution in [0.25, 0.3) is 11.4 Å². The minimum Gasteiger partial charge on any atom is -0.459 e. The monoisotopic (exact) mass is 302 g/mol. The van der Waals surface area contributed by atoms with E-state index in [1.54, 1.807) is 0 Å². The molecule has 2 aromatic rings. The lowest BCUT2D eigenvalue weighted by molar-refractivity contribution is -0.144. The Labute approximate surface area is 128 Å². The average molecular weight is 302 g/mol. The Balaban J connectivity index is 2.37. The van der Waals surface area contributed by atoms with Crippen molar-refractivity contribution in [2.24, 2.45) is 7.05 Å². The Morgan fingerprint density at radius 2 is 1.64 bits per heavy atom. The third kappa shape index (κ3) is 3.72. The summed E-state index contributed by atoms with van der Waals surface area (Å²) in [6.07, 6.45) is 0. The highest BCUT2D eigenvalue weighted by molar-refractivity contribution is 5.66. The van der Waals surface area contributed by atoms with Crippen LogP contribution in [0, 0.1) is 0 Å². The first-order valence-corrected chi connectivity index (χ1v) is 6.85. The number of hydrogen-bond donors (Lipinski definition) is 0. The van der Waals surface area contributed by atoms with Gasteiger partial charge < -0.3 is 14.0 Å². The molecule has 0 aliphatic carbocycles. The number of imidazole rings is 1. The van der Waals surface area contributed by atoms with Gasteiger partial charge in [-0.15, -0.1) is 0 Å². The quantitative estimate of drug-likeness (QED) is 0.792. The van der Waals surface area contributed by atoms with Crippen LogP contribution in [0.15, 0.2) is 30.3 Å². The first kappa shape index (κ1) is 15.8. The van der Waals surface area contributed by atoms with Crippen LogP contribution in [-0.2, 0) is 39.3 Å². The van der Waals surface area contributed by atoms with E-state index in [4.69, 9.17) is 9.47 Å². The fourth-order valence-electron chi connectivity index (χ4n) is 2.07. The van der Waals surface area contributed by atoms with Crippen LogP contribution in [0.5, 0.6) is 0 Å². The van der Waals surface area contributed by atoms with E-state index in [0.29, 0.717) is 11.4 Å². The molecule has 6 heteroatoms. The summed E-state index contributed by atoms with van der Waals surface area (Å²) in [5.74, 6) is -0.0313. The fourth-order valence-corrected chi connectivity index (χ4v) is 2.07. The molecular weight excluding hydrogens is 284 g/mol. The van der Waals surface area contributed by atoms with E-state index < -0.39 is 0 Å². The van der Waals surface area contributed by atoms with Crippen LogP contribution in [-0.4, -0.2) is 21.5 Å². The Hall–Kier alpha value is -2.63. The zero-order valence-corrected chi connectivity index (χ0v) is 12.8. The predicted octanol–water partition coefficient (Wildman–Crippen LogP) is 2.21. The van der Waals surface area contributed by atoms with Gasteiger partial charge in [0.1, 0.15) is 24.7 Å². The number of ether oxygens (including phenoxy) is 2. The normalized spacial score (nSPS) is 10.3. The third-order valence-corrected chi connectivity index (χ3v) is 3.15. The highest BCUT2D eigenvalue weighted by atomic mass is 16.5. The number of nitrogens with zero attached hydrogens (tertiary/aromatic N) is 2. The van der Waals surface area contributed by atoms with Gasteiger partial charge in [-0.2, -0.15) is 0 Å². The lowest BCUT2D eigenvalue weighted by Crippen LogP contribution is -2.08. The van der Waals surface area contributed by atoms with Crippen LogP contribution >= 0.6 is 0 Å². The fraction of sp³-hybridized carbons (Fsp3) is 0.312. The molecular formula is C16H18N2O4. The predicted molar refractivity (Wildman–Crippen MR) is 79.6 cm³/mol. The standard InChI is InChI=1S/C16H18N2O4/c1-11(19)21-9-14-15(10-22-12(2)20)18(3)16(17-14)13-7-5-4-6-8-13/h4-8H,9-10H2,1-3H3. The molecule has 116 valence electrons. The highest BCUT2D eigenvalue weighted by Gasteiger charge is 2.17. The van der Waals surface area contributed by atoms with E-state index in [1.807, 2.05) is 41.9 Å². The van der Waals surface area contributed by atoms with Gasteiger partial charge in [-0.3, -0.25) is 9.59 Å². The summed E-state index contributed by atoms with van der Waals surface area (Å²) in [4.78, 5) is 26.6. The molecule has 0 bridgehead atoms. The Morgan fingerprint density at radius 3 is 2.23 bits per heavy atom. The summed E-state index contributed by atoms with van der Waals surface area (Å²) in [6.45, 7) is 2.82. The second kappa shape index (κ2) is 6.89. The van der Waals surface area contributed by atoms with Crippen LogP contribution in [0.1, 0.15) is 25.2 Å². The molecule has 0 N–H and O–H groups in total. The molecule has 0 aliphatic heterocycles. The van der Waals surface area contributed by atoms with Crippen molar-refractivity contribution in [2.75, 3.05) is 0 Å². The van der Waals surface area contributed by atoms with Gasteiger partial charge in [-0.05, 0) is 0 Å². The molecule has 1 aromatic carbocycles. The summed E-state index contributed by atoms with van der Waals surface area (Å²) >= 11 is 0. The number of esters is 2. The highest BCUT2D eigenvalue weighted by Crippen LogP contribution is 2.22. The number of benzene rings is 1.